The van der Waals surface area contributed by atoms with Crippen molar-refractivity contribution in [1.82, 2.24) is 5.43 Å². The van der Waals surface area contributed by atoms with Crippen LogP contribution >= 0.6 is 11.3 Å². The predicted molar refractivity (Wildman–Crippen MR) is 86.8 cm³/mol. The van der Waals surface area contributed by atoms with Crippen molar-refractivity contribution in [2.75, 3.05) is 19.0 Å². The van der Waals surface area contributed by atoms with Crippen molar-refractivity contribution in [3.63, 3.8) is 0 Å². The van der Waals surface area contributed by atoms with Crippen LogP contribution in [0.15, 0.2) is 40.8 Å². The van der Waals surface area contributed by atoms with E-state index in [9.17, 15) is 14.9 Å². The van der Waals surface area contributed by atoms with Crippen LogP contribution in [0.3, 0.4) is 0 Å². The number of rotatable bonds is 5. The highest BCUT2D eigenvalue weighted by molar-refractivity contribution is 7.12. The molecule has 1 N–H and O–H groups in total. The van der Waals surface area contributed by atoms with E-state index in [1.165, 1.54) is 23.6 Å². The van der Waals surface area contributed by atoms with E-state index in [4.69, 9.17) is 0 Å². The van der Waals surface area contributed by atoms with E-state index in [0.29, 0.717) is 16.1 Å². The summed E-state index contributed by atoms with van der Waals surface area (Å²) in [6.07, 6.45) is 1.37. The van der Waals surface area contributed by atoms with E-state index < -0.39 is 4.92 Å². The first-order valence-corrected chi connectivity index (χ1v) is 7.19. The largest absolute Gasteiger partial charge is 0.372 e. The first-order chi connectivity index (χ1) is 10.5. The molecule has 0 aliphatic carbocycles. The Morgan fingerprint density at radius 2 is 2.18 bits per heavy atom. The number of thiophene rings is 1. The molecule has 22 heavy (non-hydrogen) atoms. The van der Waals surface area contributed by atoms with Crippen LogP contribution in [0.25, 0.3) is 0 Å². The number of benzene rings is 1. The van der Waals surface area contributed by atoms with Crippen LogP contribution in [0.1, 0.15) is 15.2 Å². The van der Waals surface area contributed by atoms with E-state index in [-0.39, 0.29) is 11.6 Å². The zero-order chi connectivity index (χ0) is 16.1. The maximum absolute atomic E-state index is 11.7. The van der Waals surface area contributed by atoms with Gasteiger partial charge in [-0.15, -0.1) is 11.3 Å². The fourth-order valence-electron chi connectivity index (χ4n) is 1.77. The molecule has 0 aliphatic heterocycles. The van der Waals surface area contributed by atoms with Crippen molar-refractivity contribution in [3.05, 3.63) is 56.3 Å². The van der Waals surface area contributed by atoms with Gasteiger partial charge in [0.05, 0.1) is 16.0 Å². The van der Waals surface area contributed by atoms with Gasteiger partial charge in [0.2, 0.25) is 0 Å². The monoisotopic (exact) mass is 318 g/mol. The molecule has 114 valence electrons. The SMILES string of the molecule is CN(C)c1ccc(/C=N\NC(=O)c2cccs2)cc1[N+](=O)[O-]. The molecule has 0 saturated heterocycles. The van der Waals surface area contributed by atoms with Crippen LogP contribution in [-0.2, 0) is 0 Å². The van der Waals surface area contributed by atoms with Crippen molar-refractivity contribution in [2.45, 2.75) is 0 Å². The molecule has 2 aromatic rings. The fourth-order valence-corrected chi connectivity index (χ4v) is 2.39. The number of hydrazone groups is 1. The van der Waals surface area contributed by atoms with E-state index in [1.807, 2.05) is 0 Å². The molecule has 0 bridgehead atoms. The summed E-state index contributed by atoms with van der Waals surface area (Å²) in [5, 5.41) is 16.7. The summed E-state index contributed by atoms with van der Waals surface area (Å²) in [6, 6.07) is 8.21. The van der Waals surface area contributed by atoms with Crippen molar-refractivity contribution >= 4 is 34.8 Å². The second kappa shape index (κ2) is 6.81. The molecule has 0 aliphatic rings. The van der Waals surface area contributed by atoms with Crippen molar-refractivity contribution in [2.24, 2.45) is 5.10 Å². The number of nitrogens with zero attached hydrogens (tertiary/aromatic N) is 3. The number of nitro benzene ring substituents is 1. The number of hydrogen-bond acceptors (Lipinski definition) is 6. The summed E-state index contributed by atoms with van der Waals surface area (Å²) < 4.78 is 0. The Hall–Kier alpha value is -2.74. The zero-order valence-corrected chi connectivity index (χ0v) is 12.8. The molecule has 1 aromatic heterocycles. The zero-order valence-electron chi connectivity index (χ0n) is 12.0. The van der Waals surface area contributed by atoms with Gasteiger partial charge < -0.3 is 4.90 Å². The third kappa shape index (κ3) is 3.67. The van der Waals surface area contributed by atoms with Gasteiger partial charge in [0.1, 0.15) is 5.69 Å². The lowest BCUT2D eigenvalue weighted by atomic mass is 10.2. The van der Waals surface area contributed by atoms with Gasteiger partial charge in [-0.05, 0) is 17.5 Å². The predicted octanol–water partition coefficient (Wildman–Crippen LogP) is 2.49. The summed E-state index contributed by atoms with van der Waals surface area (Å²) in [7, 11) is 3.47. The van der Waals surface area contributed by atoms with E-state index in [2.05, 4.69) is 10.5 Å². The Kier molecular flexibility index (Phi) is 4.84. The molecule has 0 spiro atoms. The molecular formula is C14H14N4O3S. The van der Waals surface area contributed by atoms with Gasteiger partial charge in [-0.25, -0.2) is 5.43 Å². The van der Waals surface area contributed by atoms with Crippen LogP contribution < -0.4 is 10.3 Å². The van der Waals surface area contributed by atoms with Gasteiger partial charge in [0, 0.05) is 25.7 Å². The maximum Gasteiger partial charge on any atom is 0.293 e. The lowest BCUT2D eigenvalue weighted by Crippen LogP contribution is -2.16. The summed E-state index contributed by atoms with van der Waals surface area (Å²) in [6.45, 7) is 0. The highest BCUT2D eigenvalue weighted by atomic mass is 32.1. The molecule has 8 heteroatoms. The number of carbonyl (C=O) groups is 1. The van der Waals surface area contributed by atoms with E-state index >= 15 is 0 Å². The van der Waals surface area contributed by atoms with Crippen LogP contribution in [0, 0.1) is 10.1 Å². The Morgan fingerprint density at radius 1 is 1.41 bits per heavy atom. The minimum Gasteiger partial charge on any atom is -0.372 e. The smallest absolute Gasteiger partial charge is 0.293 e. The Balaban J connectivity index is 2.13. The minimum atomic E-state index is -0.448. The second-order valence-corrected chi connectivity index (χ2v) is 5.52. The number of nitrogens with one attached hydrogen (secondary N) is 1. The van der Waals surface area contributed by atoms with Gasteiger partial charge in [-0.3, -0.25) is 14.9 Å². The van der Waals surface area contributed by atoms with Crippen molar-refractivity contribution in [3.8, 4) is 0 Å². The highest BCUT2D eigenvalue weighted by Gasteiger charge is 2.15. The van der Waals surface area contributed by atoms with Gasteiger partial charge in [0.15, 0.2) is 0 Å². The van der Waals surface area contributed by atoms with Crippen molar-refractivity contribution < 1.29 is 9.72 Å². The third-order valence-electron chi connectivity index (χ3n) is 2.80. The molecule has 0 saturated carbocycles. The van der Waals surface area contributed by atoms with Gasteiger partial charge >= 0.3 is 0 Å². The van der Waals surface area contributed by atoms with E-state index in [1.54, 1.807) is 48.6 Å². The molecule has 2 rings (SSSR count). The quantitative estimate of drug-likeness (QED) is 0.521. The van der Waals surface area contributed by atoms with Crippen LogP contribution in [-0.4, -0.2) is 31.1 Å². The topological polar surface area (TPSA) is 87.8 Å². The minimum absolute atomic E-state index is 0.0152. The lowest BCUT2D eigenvalue weighted by molar-refractivity contribution is -0.384. The molecule has 1 heterocycles. The number of carbonyl (C=O) groups excluding carboxylic acids is 1. The van der Waals surface area contributed by atoms with Crippen LogP contribution in [0.5, 0.6) is 0 Å². The van der Waals surface area contributed by atoms with Gasteiger partial charge in [-0.1, -0.05) is 12.1 Å². The number of anilines is 1. The highest BCUT2D eigenvalue weighted by Crippen LogP contribution is 2.27. The van der Waals surface area contributed by atoms with Crippen LogP contribution in [0.4, 0.5) is 11.4 Å². The average molecular weight is 318 g/mol. The molecule has 1 aromatic carbocycles. The fraction of sp³-hybridized carbons (Fsp3) is 0.143. The number of nitro groups is 1. The molecule has 0 fully saturated rings. The first-order valence-electron chi connectivity index (χ1n) is 6.31. The number of hydrogen-bond donors (Lipinski definition) is 1. The maximum atomic E-state index is 11.7. The molecule has 0 unspecified atom stereocenters. The van der Waals surface area contributed by atoms with Crippen molar-refractivity contribution in [1.29, 1.82) is 0 Å². The Labute approximate surface area is 131 Å². The van der Waals surface area contributed by atoms with E-state index in [0.717, 1.165) is 0 Å². The van der Waals surface area contributed by atoms with Gasteiger partial charge in [0.25, 0.3) is 11.6 Å². The summed E-state index contributed by atoms with van der Waals surface area (Å²) in [4.78, 5) is 24.5. The van der Waals surface area contributed by atoms with Gasteiger partial charge in [-0.2, -0.15) is 5.10 Å². The first kappa shape index (κ1) is 15.6. The second-order valence-electron chi connectivity index (χ2n) is 4.58. The molecule has 0 radical (unpaired) electrons. The molecule has 1 amide bonds. The molecule has 0 atom stereocenters. The number of amides is 1. The third-order valence-corrected chi connectivity index (χ3v) is 3.67. The molecular weight excluding hydrogens is 304 g/mol. The van der Waals surface area contributed by atoms with Crippen LogP contribution in [0.2, 0.25) is 0 Å². The molecule has 7 nitrogen and oxygen atoms in total. The average Bonchev–Trinajstić information content (AvgIpc) is 3.01. The summed E-state index contributed by atoms with van der Waals surface area (Å²) >= 11 is 1.31. The Bertz CT molecular complexity index is 711. The standard InChI is InChI=1S/C14H14N4O3S/c1-17(2)11-6-5-10(8-12(11)18(20)21)9-15-16-14(19)13-4-3-7-22-13/h3-9H,1-2H3,(H,16,19)/b15-9-. The summed E-state index contributed by atoms with van der Waals surface area (Å²) in [5.74, 6) is -0.314. The normalized spacial score (nSPS) is 10.6. The Morgan fingerprint density at radius 3 is 2.77 bits per heavy atom. The summed E-state index contributed by atoms with van der Waals surface area (Å²) in [5.41, 5.74) is 3.40. The lowest BCUT2D eigenvalue weighted by Gasteiger charge is -2.12.